The molecule has 7 rings (SSSR count). The maximum Gasteiger partial charge on any atom is 0.335 e. The molecule has 4 aliphatic carbocycles. The van der Waals surface area contributed by atoms with E-state index in [4.69, 9.17) is 9.15 Å². The van der Waals surface area contributed by atoms with Crippen molar-refractivity contribution in [1.29, 1.82) is 0 Å². The van der Waals surface area contributed by atoms with Gasteiger partial charge in [-0.15, -0.1) is 0 Å². The molecule has 0 radical (unpaired) electrons. The number of carbonyl (C=O) groups excluding carboxylic acids is 1. The van der Waals surface area contributed by atoms with Crippen LogP contribution < -0.4 is 10.9 Å². The van der Waals surface area contributed by atoms with Crippen molar-refractivity contribution in [3.63, 3.8) is 0 Å². The molecule has 0 aromatic carbocycles. The maximum atomic E-state index is 13.0. The van der Waals surface area contributed by atoms with Crippen molar-refractivity contribution in [3.05, 3.63) is 34.4 Å². The summed E-state index contributed by atoms with van der Waals surface area (Å²) in [5.74, 6) is 2.40. The van der Waals surface area contributed by atoms with Gasteiger partial charge in [0.15, 0.2) is 0 Å². The smallest absolute Gasteiger partial charge is 0.335 e. The first-order valence-corrected chi connectivity index (χ1v) is 14.8. The Morgan fingerprint density at radius 3 is 2.57 bits per heavy atom. The number of nitrogens with zero attached hydrogens (tertiary/aromatic N) is 2. The molecule has 1 N–H and O–H groups in total. The number of epoxide rings is 1. The van der Waals surface area contributed by atoms with Gasteiger partial charge in [0.1, 0.15) is 5.60 Å². The number of urea groups is 1. The van der Waals surface area contributed by atoms with E-state index in [-0.39, 0.29) is 22.7 Å². The van der Waals surface area contributed by atoms with E-state index in [1.54, 1.807) is 12.3 Å². The standard InChI is InChI=1S/C30H43N3O4/c1-28-10-8-21(31-27(35)33-14-12-32(3)13-15-33)16-20(28)5-6-23-22(28)9-11-29(2)24(17-25-30(23,29)37-25)19-4-7-26(34)36-18-19/h4,7,18,20-25H,5-6,8-17H2,1-3H3,(H,31,35)/t20-,21+,22+,23-,24-,25-,28+,29-,30-/m1/s1. The van der Waals surface area contributed by atoms with E-state index < -0.39 is 0 Å². The van der Waals surface area contributed by atoms with Crippen molar-refractivity contribution >= 4 is 6.03 Å². The summed E-state index contributed by atoms with van der Waals surface area (Å²) in [6.07, 6.45) is 11.5. The molecule has 202 valence electrons. The fourth-order valence-corrected chi connectivity index (χ4v) is 10.2. The Kier molecular flexibility index (Phi) is 5.44. The second kappa shape index (κ2) is 8.32. The van der Waals surface area contributed by atoms with Gasteiger partial charge in [-0.1, -0.05) is 13.8 Å². The third kappa shape index (κ3) is 3.45. The first-order chi connectivity index (χ1) is 17.7. The lowest BCUT2D eigenvalue weighted by Gasteiger charge is -2.61. The highest BCUT2D eigenvalue weighted by atomic mass is 16.6. The molecule has 0 unspecified atom stereocenters. The summed E-state index contributed by atoms with van der Waals surface area (Å²) in [4.78, 5) is 28.9. The van der Waals surface area contributed by atoms with Gasteiger partial charge in [0.25, 0.3) is 0 Å². The van der Waals surface area contributed by atoms with E-state index in [9.17, 15) is 9.59 Å². The van der Waals surface area contributed by atoms with Crippen LogP contribution in [-0.2, 0) is 4.74 Å². The second-order valence-electron chi connectivity index (χ2n) is 13.7. The summed E-state index contributed by atoms with van der Waals surface area (Å²) in [6.45, 7) is 8.62. The molecule has 9 atom stereocenters. The van der Waals surface area contributed by atoms with Crippen LogP contribution in [0.5, 0.6) is 0 Å². The number of likely N-dealkylation sites (N-methyl/N-ethyl adjacent to an activating group) is 1. The van der Waals surface area contributed by atoms with Crippen molar-refractivity contribution < 1.29 is 13.9 Å². The molecular weight excluding hydrogens is 466 g/mol. The zero-order valence-electron chi connectivity index (χ0n) is 22.7. The Balaban J connectivity index is 1.06. The minimum Gasteiger partial charge on any atom is -0.431 e. The minimum absolute atomic E-state index is 0.00279. The van der Waals surface area contributed by atoms with Crippen LogP contribution in [0.2, 0.25) is 0 Å². The summed E-state index contributed by atoms with van der Waals surface area (Å²) in [6, 6.07) is 4.02. The zero-order chi connectivity index (χ0) is 25.6. The Labute approximate surface area is 220 Å². The van der Waals surface area contributed by atoms with E-state index in [1.807, 2.05) is 11.0 Å². The van der Waals surface area contributed by atoms with Gasteiger partial charge in [0.2, 0.25) is 0 Å². The Morgan fingerprint density at radius 1 is 1.00 bits per heavy atom. The van der Waals surface area contributed by atoms with Crippen LogP contribution >= 0.6 is 0 Å². The molecule has 0 bridgehead atoms. The van der Waals surface area contributed by atoms with E-state index in [0.717, 1.165) is 45.4 Å². The number of carbonyl (C=O) groups is 1. The number of nitrogens with one attached hydrogen (secondary N) is 1. The van der Waals surface area contributed by atoms with Crippen LogP contribution in [0.25, 0.3) is 0 Å². The van der Waals surface area contributed by atoms with Gasteiger partial charge in [0, 0.05) is 43.7 Å². The topological polar surface area (TPSA) is 78.3 Å². The molecule has 1 spiro atoms. The second-order valence-corrected chi connectivity index (χ2v) is 13.7. The van der Waals surface area contributed by atoms with Crippen LogP contribution in [0.3, 0.4) is 0 Å². The lowest BCUT2D eigenvalue weighted by atomic mass is 9.44. The van der Waals surface area contributed by atoms with Gasteiger partial charge < -0.3 is 24.3 Å². The average Bonchev–Trinajstić information content (AvgIpc) is 3.55. The fourth-order valence-electron chi connectivity index (χ4n) is 10.2. The molecule has 6 fully saturated rings. The van der Waals surface area contributed by atoms with Crippen molar-refractivity contribution in [3.8, 4) is 0 Å². The van der Waals surface area contributed by atoms with Gasteiger partial charge in [-0.2, -0.15) is 0 Å². The Bertz CT molecular complexity index is 1110. The SMILES string of the molecule is CN1CCN(C(=O)N[C@H]2CC[C@@]3(C)[C@H](CC[C@@H]4[C@@H]3CC[C@]3(C)[C@@H](c5ccc(=O)oc5)C[C@H]5O[C@]453)C2)CC1. The highest BCUT2D eigenvalue weighted by Gasteiger charge is 2.80. The summed E-state index contributed by atoms with van der Waals surface area (Å²) in [7, 11) is 2.13. The van der Waals surface area contributed by atoms with Crippen LogP contribution in [0.1, 0.15) is 76.7 Å². The number of piperazine rings is 1. The van der Waals surface area contributed by atoms with E-state index >= 15 is 0 Å². The van der Waals surface area contributed by atoms with Crippen LogP contribution in [0.15, 0.2) is 27.6 Å². The quantitative estimate of drug-likeness (QED) is 0.604. The number of hydrogen-bond donors (Lipinski definition) is 1. The first-order valence-electron chi connectivity index (χ1n) is 14.8. The minimum atomic E-state index is -0.270. The molecule has 3 heterocycles. The molecule has 37 heavy (non-hydrogen) atoms. The molecule has 1 aromatic rings. The highest BCUT2D eigenvalue weighted by Crippen LogP contribution is 2.77. The van der Waals surface area contributed by atoms with E-state index in [1.165, 1.54) is 37.7 Å². The van der Waals surface area contributed by atoms with Crippen molar-refractivity contribution in [1.82, 2.24) is 15.1 Å². The van der Waals surface area contributed by atoms with Crippen LogP contribution in [0.4, 0.5) is 4.79 Å². The summed E-state index contributed by atoms with van der Waals surface area (Å²) >= 11 is 0. The molecule has 7 nitrogen and oxygen atoms in total. The number of amides is 2. The molecule has 1 aromatic heterocycles. The molecule has 4 saturated carbocycles. The highest BCUT2D eigenvalue weighted by molar-refractivity contribution is 5.74. The molecule has 2 saturated heterocycles. The summed E-state index contributed by atoms with van der Waals surface area (Å²) in [5, 5.41) is 3.43. The van der Waals surface area contributed by atoms with Crippen molar-refractivity contribution in [2.24, 2.45) is 28.6 Å². The van der Waals surface area contributed by atoms with Crippen LogP contribution in [-0.4, -0.2) is 66.8 Å². The summed E-state index contributed by atoms with van der Waals surface area (Å²) in [5.41, 5.74) is 1.34. The lowest BCUT2D eigenvalue weighted by molar-refractivity contribution is -0.129. The Hall–Kier alpha value is -1.86. The van der Waals surface area contributed by atoms with Crippen LogP contribution in [0, 0.1) is 28.6 Å². The van der Waals surface area contributed by atoms with Gasteiger partial charge in [-0.3, -0.25) is 0 Å². The average molecular weight is 510 g/mol. The van der Waals surface area contributed by atoms with Gasteiger partial charge in [-0.05, 0) is 99.1 Å². The molecule has 7 heteroatoms. The fraction of sp³-hybridized carbons (Fsp3) is 0.800. The Morgan fingerprint density at radius 2 is 1.81 bits per heavy atom. The van der Waals surface area contributed by atoms with E-state index in [2.05, 4.69) is 31.1 Å². The predicted molar refractivity (Wildman–Crippen MR) is 140 cm³/mol. The molecular formula is C30H43N3O4. The normalized spacial score (nSPS) is 46.8. The first kappa shape index (κ1) is 24.2. The van der Waals surface area contributed by atoms with Crippen molar-refractivity contribution in [2.75, 3.05) is 33.2 Å². The number of fused-ring (bicyclic) bond motifs is 3. The number of hydrogen-bond acceptors (Lipinski definition) is 5. The van der Waals surface area contributed by atoms with Gasteiger partial charge >= 0.3 is 11.7 Å². The molecule has 6 aliphatic rings. The number of rotatable bonds is 2. The van der Waals surface area contributed by atoms with Gasteiger partial charge in [-0.25, -0.2) is 9.59 Å². The predicted octanol–water partition coefficient (Wildman–Crippen LogP) is 4.22. The lowest BCUT2D eigenvalue weighted by Crippen LogP contribution is -2.59. The van der Waals surface area contributed by atoms with Gasteiger partial charge in [0.05, 0.1) is 12.4 Å². The largest absolute Gasteiger partial charge is 0.431 e. The zero-order valence-corrected chi connectivity index (χ0v) is 22.7. The van der Waals surface area contributed by atoms with Crippen molar-refractivity contribution in [2.45, 2.75) is 88.9 Å². The number of ether oxygens (including phenoxy) is 1. The molecule has 2 amide bonds. The maximum absolute atomic E-state index is 13.0. The van der Waals surface area contributed by atoms with E-state index in [0.29, 0.717) is 41.2 Å². The third-order valence-electron chi connectivity index (χ3n) is 12.3. The molecule has 2 aliphatic heterocycles. The third-order valence-corrected chi connectivity index (χ3v) is 12.3. The monoisotopic (exact) mass is 509 g/mol. The summed E-state index contributed by atoms with van der Waals surface area (Å²) < 4.78 is 12.0.